The first-order chi connectivity index (χ1) is 6.74. The Balaban J connectivity index is 2.56. The van der Waals surface area contributed by atoms with Gasteiger partial charge in [-0.25, -0.2) is 0 Å². The third-order valence-electron chi connectivity index (χ3n) is 2.37. The van der Waals surface area contributed by atoms with Crippen LogP contribution in [0.4, 0.5) is 0 Å². The normalized spacial score (nSPS) is 14.1. The monoisotopic (exact) mass is 205 g/mol. The van der Waals surface area contributed by atoms with E-state index in [2.05, 4.69) is 12.2 Å². The van der Waals surface area contributed by atoms with E-state index in [4.69, 9.17) is 12.2 Å². The van der Waals surface area contributed by atoms with Gasteiger partial charge in [0.25, 0.3) is 5.91 Å². The van der Waals surface area contributed by atoms with Gasteiger partial charge in [0.15, 0.2) is 0 Å². The van der Waals surface area contributed by atoms with Gasteiger partial charge >= 0.3 is 0 Å². The van der Waals surface area contributed by atoms with Gasteiger partial charge in [-0.15, -0.1) is 0 Å². The standard InChI is InChI=1S/C11H11NOS/c1-2-4-7-5-3-6-8-9(7)10(13)12-11(8)14/h3,5-6H,2,4H2,1H3,(H,12,13,14). The second-order valence-electron chi connectivity index (χ2n) is 3.37. The minimum atomic E-state index is -0.0472. The maximum absolute atomic E-state index is 11.6. The zero-order chi connectivity index (χ0) is 10.1. The molecule has 0 aromatic heterocycles. The Kier molecular flexibility index (Phi) is 2.33. The highest BCUT2D eigenvalue weighted by Crippen LogP contribution is 2.21. The fourth-order valence-corrected chi connectivity index (χ4v) is 2.03. The molecule has 0 bridgehead atoms. The van der Waals surface area contributed by atoms with Crippen molar-refractivity contribution in [1.82, 2.24) is 5.32 Å². The van der Waals surface area contributed by atoms with Crippen molar-refractivity contribution in [3.63, 3.8) is 0 Å². The van der Waals surface area contributed by atoms with E-state index in [9.17, 15) is 4.79 Å². The minimum absolute atomic E-state index is 0.0472. The number of carbonyl (C=O) groups is 1. The molecule has 1 amide bonds. The molecule has 0 saturated carbocycles. The number of nitrogens with one attached hydrogen (secondary N) is 1. The fourth-order valence-electron chi connectivity index (χ4n) is 1.77. The van der Waals surface area contributed by atoms with Gasteiger partial charge < -0.3 is 5.32 Å². The smallest absolute Gasteiger partial charge is 0.257 e. The Morgan fingerprint density at radius 3 is 2.93 bits per heavy atom. The number of fused-ring (bicyclic) bond motifs is 1. The average molecular weight is 205 g/mol. The van der Waals surface area contributed by atoms with Gasteiger partial charge in [-0.3, -0.25) is 4.79 Å². The Morgan fingerprint density at radius 1 is 1.43 bits per heavy atom. The summed E-state index contributed by atoms with van der Waals surface area (Å²) in [5, 5.41) is 2.67. The second-order valence-corrected chi connectivity index (χ2v) is 3.78. The number of carbonyl (C=O) groups excluding carboxylic acids is 1. The van der Waals surface area contributed by atoms with Crippen molar-refractivity contribution in [2.24, 2.45) is 0 Å². The van der Waals surface area contributed by atoms with Crippen LogP contribution in [0.5, 0.6) is 0 Å². The SMILES string of the molecule is CCCc1cccc2c1C(=O)NC2=S. The summed E-state index contributed by atoms with van der Waals surface area (Å²) in [4.78, 5) is 12.1. The van der Waals surface area contributed by atoms with Crippen molar-refractivity contribution < 1.29 is 4.79 Å². The number of rotatable bonds is 2. The molecule has 1 aromatic carbocycles. The Bertz CT molecular complexity index is 412. The second kappa shape index (κ2) is 3.50. The van der Waals surface area contributed by atoms with Gasteiger partial charge in [-0.1, -0.05) is 43.8 Å². The van der Waals surface area contributed by atoms with E-state index in [0.717, 1.165) is 29.5 Å². The fraction of sp³-hybridized carbons (Fsp3) is 0.273. The summed E-state index contributed by atoms with van der Waals surface area (Å²) in [5.41, 5.74) is 2.76. The minimum Gasteiger partial charge on any atom is -0.312 e. The van der Waals surface area contributed by atoms with E-state index in [1.807, 2.05) is 18.2 Å². The lowest BCUT2D eigenvalue weighted by Gasteiger charge is -2.03. The van der Waals surface area contributed by atoms with E-state index in [0.29, 0.717) is 4.99 Å². The predicted octanol–water partition coefficient (Wildman–Crippen LogP) is 2.06. The van der Waals surface area contributed by atoms with Crippen molar-refractivity contribution in [1.29, 1.82) is 0 Å². The molecule has 0 unspecified atom stereocenters. The van der Waals surface area contributed by atoms with Crippen LogP contribution in [0.2, 0.25) is 0 Å². The van der Waals surface area contributed by atoms with Crippen molar-refractivity contribution >= 4 is 23.1 Å². The van der Waals surface area contributed by atoms with E-state index in [1.54, 1.807) is 0 Å². The summed E-state index contributed by atoms with van der Waals surface area (Å²) >= 11 is 5.06. The summed E-state index contributed by atoms with van der Waals surface area (Å²) in [6, 6.07) is 5.85. The Morgan fingerprint density at radius 2 is 2.21 bits per heavy atom. The number of benzene rings is 1. The molecule has 0 fully saturated rings. The molecule has 0 radical (unpaired) electrons. The zero-order valence-corrected chi connectivity index (χ0v) is 8.78. The Labute approximate surface area is 88.3 Å². The van der Waals surface area contributed by atoms with E-state index in [-0.39, 0.29) is 5.91 Å². The lowest BCUT2D eigenvalue weighted by molar-refractivity contribution is 0.0983. The summed E-state index contributed by atoms with van der Waals surface area (Å²) in [5.74, 6) is -0.0472. The molecule has 0 atom stereocenters. The van der Waals surface area contributed by atoms with E-state index < -0.39 is 0 Å². The van der Waals surface area contributed by atoms with Crippen LogP contribution in [-0.2, 0) is 6.42 Å². The highest BCUT2D eigenvalue weighted by atomic mass is 32.1. The molecule has 0 saturated heterocycles. The molecular weight excluding hydrogens is 194 g/mol. The molecule has 1 aliphatic rings. The largest absolute Gasteiger partial charge is 0.312 e. The van der Waals surface area contributed by atoms with Crippen LogP contribution >= 0.6 is 12.2 Å². The molecule has 2 nitrogen and oxygen atoms in total. The van der Waals surface area contributed by atoms with Crippen molar-refractivity contribution in [3.05, 3.63) is 34.9 Å². The quantitative estimate of drug-likeness (QED) is 0.749. The lowest BCUT2D eigenvalue weighted by atomic mass is 10.00. The molecule has 14 heavy (non-hydrogen) atoms. The van der Waals surface area contributed by atoms with Gasteiger partial charge in [-0.05, 0) is 12.0 Å². The van der Waals surface area contributed by atoms with E-state index in [1.165, 1.54) is 0 Å². The van der Waals surface area contributed by atoms with Gasteiger partial charge in [0.1, 0.15) is 4.99 Å². The molecule has 3 heteroatoms. The number of hydrogen-bond acceptors (Lipinski definition) is 2. The predicted molar refractivity (Wildman–Crippen MR) is 59.6 cm³/mol. The van der Waals surface area contributed by atoms with Crippen LogP contribution < -0.4 is 5.32 Å². The zero-order valence-electron chi connectivity index (χ0n) is 7.96. The van der Waals surface area contributed by atoms with Crippen LogP contribution in [0.15, 0.2) is 18.2 Å². The molecule has 1 N–H and O–H groups in total. The van der Waals surface area contributed by atoms with Crippen molar-refractivity contribution in [2.75, 3.05) is 0 Å². The highest BCUT2D eigenvalue weighted by molar-refractivity contribution is 7.80. The van der Waals surface area contributed by atoms with Crippen molar-refractivity contribution in [3.8, 4) is 0 Å². The average Bonchev–Trinajstić information content (AvgIpc) is 2.44. The molecular formula is C11H11NOS. The number of amides is 1. The van der Waals surface area contributed by atoms with Gasteiger partial charge in [0, 0.05) is 5.56 Å². The molecule has 0 aliphatic carbocycles. The first kappa shape index (κ1) is 9.34. The molecule has 1 aliphatic heterocycles. The van der Waals surface area contributed by atoms with Crippen LogP contribution in [-0.4, -0.2) is 10.9 Å². The van der Waals surface area contributed by atoms with Crippen LogP contribution in [0.3, 0.4) is 0 Å². The third kappa shape index (κ3) is 1.34. The maximum Gasteiger partial charge on any atom is 0.257 e. The summed E-state index contributed by atoms with van der Waals surface area (Å²) in [7, 11) is 0. The van der Waals surface area contributed by atoms with Gasteiger partial charge in [-0.2, -0.15) is 0 Å². The topological polar surface area (TPSA) is 29.1 Å². The number of hydrogen-bond donors (Lipinski definition) is 1. The molecule has 0 spiro atoms. The summed E-state index contributed by atoms with van der Waals surface area (Å²) in [6.07, 6.45) is 1.97. The van der Waals surface area contributed by atoms with Crippen LogP contribution in [0.25, 0.3) is 0 Å². The first-order valence-corrected chi connectivity index (χ1v) is 5.12. The third-order valence-corrected chi connectivity index (χ3v) is 2.69. The van der Waals surface area contributed by atoms with Gasteiger partial charge in [0.05, 0.1) is 5.56 Å². The number of thiocarbonyl (C=S) groups is 1. The van der Waals surface area contributed by atoms with Crippen LogP contribution in [0, 0.1) is 0 Å². The summed E-state index contributed by atoms with van der Waals surface area (Å²) < 4.78 is 0. The van der Waals surface area contributed by atoms with Crippen molar-refractivity contribution in [2.45, 2.75) is 19.8 Å². The van der Waals surface area contributed by atoms with Gasteiger partial charge in [0.2, 0.25) is 0 Å². The maximum atomic E-state index is 11.6. The number of aryl methyl sites for hydroxylation is 1. The summed E-state index contributed by atoms with van der Waals surface area (Å²) in [6.45, 7) is 2.10. The lowest BCUT2D eigenvalue weighted by Crippen LogP contribution is -2.19. The van der Waals surface area contributed by atoms with Crippen LogP contribution in [0.1, 0.15) is 34.8 Å². The highest BCUT2D eigenvalue weighted by Gasteiger charge is 2.25. The first-order valence-electron chi connectivity index (χ1n) is 4.71. The molecule has 1 heterocycles. The molecule has 1 aromatic rings. The Hall–Kier alpha value is -1.22. The van der Waals surface area contributed by atoms with E-state index >= 15 is 0 Å². The molecule has 2 rings (SSSR count). The molecule has 72 valence electrons.